The zero-order chi connectivity index (χ0) is 8.97. The topological polar surface area (TPSA) is 20.2 Å². The molecule has 3 atom stereocenters. The predicted molar refractivity (Wildman–Crippen MR) is 52.0 cm³/mol. The molecule has 1 heteroatoms. The molecule has 1 rings (SSSR count). The van der Waals surface area contributed by atoms with Crippen molar-refractivity contribution in [3.05, 3.63) is 0 Å². The molecule has 1 aliphatic rings. The van der Waals surface area contributed by atoms with Gasteiger partial charge in [0, 0.05) is 0 Å². The summed E-state index contributed by atoms with van der Waals surface area (Å²) in [5, 5.41) is 9.78. The third-order valence-corrected chi connectivity index (χ3v) is 3.40. The molecule has 0 saturated heterocycles. The van der Waals surface area contributed by atoms with Crippen LogP contribution in [0.3, 0.4) is 0 Å². The van der Waals surface area contributed by atoms with Gasteiger partial charge in [-0.15, -0.1) is 0 Å². The molecule has 1 aliphatic carbocycles. The molecule has 1 nitrogen and oxygen atoms in total. The van der Waals surface area contributed by atoms with Crippen LogP contribution in [0.1, 0.15) is 52.4 Å². The lowest BCUT2D eigenvalue weighted by Gasteiger charge is -2.33. The predicted octanol–water partition coefficient (Wildman–Crippen LogP) is 2.97. The molecule has 0 aliphatic heterocycles. The van der Waals surface area contributed by atoms with Crippen LogP contribution in [0.25, 0.3) is 0 Å². The van der Waals surface area contributed by atoms with Gasteiger partial charge in [-0.3, -0.25) is 0 Å². The molecule has 0 bridgehead atoms. The van der Waals surface area contributed by atoms with E-state index in [-0.39, 0.29) is 6.10 Å². The van der Waals surface area contributed by atoms with E-state index in [1.165, 1.54) is 32.1 Å². The van der Waals surface area contributed by atoms with Gasteiger partial charge in [-0.25, -0.2) is 0 Å². The molecule has 1 N–H and O–H groups in total. The van der Waals surface area contributed by atoms with Crippen LogP contribution in [0.5, 0.6) is 0 Å². The van der Waals surface area contributed by atoms with Crippen molar-refractivity contribution in [1.29, 1.82) is 0 Å². The number of aliphatic hydroxyl groups is 1. The maximum atomic E-state index is 9.78. The summed E-state index contributed by atoms with van der Waals surface area (Å²) >= 11 is 0. The first kappa shape index (κ1) is 10.0. The van der Waals surface area contributed by atoms with E-state index in [4.69, 9.17) is 0 Å². The summed E-state index contributed by atoms with van der Waals surface area (Å²) in [4.78, 5) is 0. The summed E-state index contributed by atoms with van der Waals surface area (Å²) in [6.45, 7) is 4.34. The van der Waals surface area contributed by atoms with Gasteiger partial charge in [0.25, 0.3) is 0 Å². The van der Waals surface area contributed by atoms with Gasteiger partial charge in [-0.1, -0.05) is 39.5 Å². The fourth-order valence-corrected chi connectivity index (χ4v) is 2.55. The molecule has 0 spiro atoms. The minimum atomic E-state index is -0.0322. The Morgan fingerprint density at radius 1 is 1.25 bits per heavy atom. The highest BCUT2D eigenvalue weighted by Gasteiger charge is 2.28. The highest BCUT2D eigenvalue weighted by molar-refractivity contribution is 4.79. The van der Waals surface area contributed by atoms with Crippen molar-refractivity contribution < 1.29 is 5.11 Å². The fraction of sp³-hybridized carbons (Fsp3) is 1.00. The van der Waals surface area contributed by atoms with E-state index in [9.17, 15) is 5.11 Å². The summed E-state index contributed by atoms with van der Waals surface area (Å²) in [5.41, 5.74) is 0. The maximum Gasteiger partial charge on any atom is 0.0568 e. The summed E-state index contributed by atoms with van der Waals surface area (Å²) in [6, 6.07) is 0. The first-order valence-electron chi connectivity index (χ1n) is 5.47. The van der Waals surface area contributed by atoms with Gasteiger partial charge in [0.15, 0.2) is 0 Å². The number of hydrogen-bond donors (Lipinski definition) is 1. The monoisotopic (exact) mass is 170 g/mol. The molecule has 0 heterocycles. The molecule has 0 aromatic carbocycles. The van der Waals surface area contributed by atoms with Gasteiger partial charge < -0.3 is 5.11 Å². The van der Waals surface area contributed by atoms with E-state index in [0.717, 1.165) is 12.3 Å². The molecule has 0 aromatic rings. The van der Waals surface area contributed by atoms with Gasteiger partial charge in [-0.05, 0) is 24.7 Å². The summed E-state index contributed by atoms with van der Waals surface area (Å²) in [6.07, 6.45) is 7.47. The van der Waals surface area contributed by atoms with Crippen LogP contribution in [-0.2, 0) is 0 Å². The Labute approximate surface area is 76.2 Å². The number of rotatable bonds is 3. The summed E-state index contributed by atoms with van der Waals surface area (Å²) < 4.78 is 0. The van der Waals surface area contributed by atoms with Crippen LogP contribution in [0.15, 0.2) is 0 Å². The van der Waals surface area contributed by atoms with Crippen LogP contribution >= 0.6 is 0 Å². The van der Waals surface area contributed by atoms with Crippen LogP contribution in [0.2, 0.25) is 0 Å². The highest BCUT2D eigenvalue weighted by Crippen LogP contribution is 2.35. The standard InChI is InChI=1S/C11H22O/c1-3-9-7-5-6-8-10(9)11(12)4-2/h9-12H,3-8H2,1-2H3. The maximum absolute atomic E-state index is 9.78. The first-order chi connectivity index (χ1) is 5.79. The Morgan fingerprint density at radius 3 is 2.50 bits per heavy atom. The van der Waals surface area contributed by atoms with Gasteiger partial charge in [0.2, 0.25) is 0 Å². The van der Waals surface area contributed by atoms with E-state index >= 15 is 0 Å². The minimum Gasteiger partial charge on any atom is -0.393 e. The van der Waals surface area contributed by atoms with E-state index in [1.807, 2.05) is 0 Å². The molecule has 1 saturated carbocycles. The Morgan fingerprint density at radius 2 is 1.92 bits per heavy atom. The average Bonchev–Trinajstić information content (AvgIpc) is 2.16. The summed E-state index contributed by atoms with van der Waals surface area (Å²) in [7, 11) is 0. The van der Waals surface area contributed by atoms with Gasteiger partial charge >= 0.3 is 0 Å². The first-order valence-corrected chi connectivity index (χ1v) is 5.47. The van der Waals surface area contributed by atoms with Crippen molar-refractivity contribution in [2.45, 2.75) is 58.5 Å². The van der Waals surface area contributed by atoms with Crippen molar-refractivity contribution in [3.63, 3.8) is 0 Å². The SMILES string of the molecule is CCC(O)C1CCCCC1CC. The van der Waals surface area contributed by atoms with Crippen molar-refractivity contribution >= 4 is 0 Å². The fourth-order valence-electron chi connectivity index (χ4n) is 2.55. The lowest BCUT2D eigenvalue weighted by Crippen LogP contribution is -2.29. The molecular weight excluding hydrogens is 148 g/mol. The van der Waals surface area contributed by atoms with E-state index in [0.29, 0.717) is 5.92 Å². The second kappa shape index (κ2) is 4.86. The average molecular weight is 170 g/mol. The Kier molecular flexibility index (Phi) is 4.07. The Hall–Kier alpha value is -0.0400. The zero-order valence-corrected chi connectivity index (χ0v) is 8.42. The molecular formula is C11H22O. The van der Waals surface area contributed by atoms with Crippen LogP contribution in [0.4, 0.5) is 0 Å². The zero-order valence-electron chi connectivity index (χ0n) is 8.42. The van der Waals surface area contributed by atoms with E-state index in [2.05, 4.69) is 13.8 Å². The summed E-state index contributed by atoms with van der Waals surface area (Å²) in [5.74, 6) is 1.41. The molecule has 72 valence electrons. The molecule has 1 fully saturated rings. The minimum absolute atomic E-state index is 0.0322. The van der Waals surface area contributed by atoms with Crippen LogP contribution < -0.4 is 0 Å². The van der Waals surface area contributed by atoms with Gasteiger partial charge in [0.05, 0.1) is 6.10 Å². The molecule has 12 heavy (non-hydrogen) atoms. The molecule has 0 amide bonds. The van der Waals surface area contributed by atoms with Crippen LogP contribution in [0, 0.1) is 11.8 Å². The van der Waals surface area contributed by atoms with E-state index in [1.54, 1.807) is 0 Å². The Bertz CT molecular complexity index is 122. The normalized spacial score (nSPS) is 33.2. The second-order valence-electron chi connectivity index (χ2n) is 4.09. The quantitative estimate of drug-likeness (QED) is 0.690. The van der Waals surface area contributed by atoms with Crippen molar-refractivity contribution in [2.24, 2.45) is 11.8 Å². The van der Waals surface area contributed by atoms with Crippen LogP contribution in [-0.4, -0.2) is 11.2 Å². The lowest BCUT2D eigenvalue weighted by molar-refractivity contribution is 0.0436. The van der Waals surface area contributed by atoms with Gasteiger partial charge in [0.1, 0.15) is 0 Å². The largest absolute Gasteiger partial charge is 0.393 e. The smallest absolute Gasteiger partial charge is 0.0568 e. The second-order valence-corrected chi connectivity index (χ2v) is 4.09. The van der Waals surface area contributed by atoms with Crippen molar-refractivity contribution in [3.8, 4) is 0 Å². The lowest BCUT2D eigenvalue weighted by atomic mass is 9.74. The highest BCUT2D eigenvalue weighted by atomic mass is 16.3. The third-order valence-electron chi connectivity index (χ3n) is 3.40. The number of aliphatic hydroxyl groups excluding tert-OH is 1. The third kappa shape index (κ3) is 2.22. The van der Waals surface area contributed by atoms with Crippen molar-refractivity contribution in [1.82, 2.24) is 0 Å². The number of hydrogen-bond acceptors (Lipinski definition) is 1. The van der Waals surface area contributed by atoms with Crippen molar-refractivity contribution in [2.75, 3.05) is 0 Å². The van der Waals surface area contributed by atoms with Gasteiger partial charge in [-0.2, -0.15) is 0 Å². The Balaban J connectivity index is 2.46. The molecule has 0 aromatic heterocycles. The van der Waals surface area contributed by atoms with E-state index < -0.39 is 0 Å². The molecule has 3 unspecified atom stereocenters. The molecule has 0 radical (unpaired) electrons.